The van der Waals surface area contributed by atoms with Crippen molar-refractivity contribution in [3.8, 4) is 0 Å². The number of carbonyl (C=O) groups is 2. The van der Waals surface area contributed by atoms with E-state index in [1.807, 2.05) is 48.6 Å². The molecule has 1 fully saturated rings. The summed E-state index contributed by atoms with van der Waals surface area (Å²) in [6, 6.07) is 9.82. The molecule has 2 aliphatic heterocycles. The van der Waals surface area contributed by atoms with Gasteiger partial charge in [-0.2, -0.15) is 0 Å². The van der Waals surface area contributed by atoms with Crippen LogP contribution in [0.15, 0.2) is 54.6 Å². The van der Waals surface area contributed by atoms with Crippen LogP contribution in [0.5, 0.6) is 0 Å². The molecule has 1 saturated heterocycles. The van der Waals surface area contributed by atoms with E-state index in [9.17, 15) is 9.59 Å². The molecule has 2 heterocycles. The van der Waals surface area contributed by atoms with Crippen molar-refractivity contribution >= 4 is 28.3 Å². The molecule has 0 aromatic heterocycles. The van der Waals surface area contributed by atoms with Gasteiger partial charge >= 0.3 is 0 Å². The molecule has 2 aromatic carbocycles. The highest BCUT2D eigenvalue weighted by Gasteiger charge is 2.34. The molecule has 4 heteroatoms. The second-order valence-electron chi connectivity index (χ2n) is 7.56. The van der Waals surface area contributed by atoms with E-state index in [-0.39, 0.29) is 17.7 Å². The van der Waals surface area contributed by atoms with Gasteiger partial charge < -0.3 is 4.90 Å². The maximum absolute atomic E-state index is 13.1. The second-order valence-corrected chi connectivity index (χ2v) is 7.56. The molecule has 1 aliphatic carbocycles. The van der Waals surface area contributed by atoms with Gasteiger partial charge in [0.25, 0.3) is 11.8 Å². The van der Waals surface area contributed by atoms with E-state index in [0.29, 0.717) is 17.7 Å². The van der Waals surface area contributed by atoms with E-state index in [2.05, 4.69) is 11.0 Å². The molecular weight excluding hydrogens is 336 g/mol. The van der Waals surface area contributed by atoms with Gasteiger partial charge in [0.2, 0.25) is 0 Å². The standard InChI is InChI=1S/C23H22N2O2/c26-22-18-10-6-9-17-20(24-13-4-1-5-14-24)12-11-19(21(17)18)23(27)25(22)15-16-7-2-3-8-16/h2-3,6-12,16H,1,4-5,13-15H2. The Morgan fingerprint density at radius 3 is 2.30 bits per heavy atom. The number of imide groups is 1. The van der Waals surface area contributed by atoms with E-state index in [0.717, 1.165) is 29.5 Å². The van der Waals surface area contributed by atoms with Crippen LogP contribution in [-0.2, 0) is 0 Å². The number of hydrogen-bond donors (Lipinski definition) is 0. The van der Waals surface area contributed by atoms with E-state index in [1.165, 1.54) is 24.2 Å². The van der Waals surface area contributed by atoms with Gasteiger partial charge in [-0.05, 0) is 37.5 Å². The molecule has 0 radical (unpaired) electrons. The van der Waals surface area contributed by atoms with Gasteiger partial charge in [-0.1, -0.05) is 36.4 Å². The van der Waals surface area contributed by atoms with Crippen molar-refractivity contribution in [2.24, 2.45) is 5.92 Å². The minimum absolute atomic E-state index is 0.103. The zero-order valence-electron chi connectivity index (χ0n) is 15.2. The van der Waals surface area contributed by atoms with Crippen molar-refractivity contribution in [2.75, 3.05) is 24.5 Å². The molecule has 0 bridgehead atoms. The first kappa shape index (κ1) is 16.3. The number of benzene rings is 2. The third kappa shape index (κ3) is 2.59. The summed E-state index contributed by atoms with van der Waals surface area (Å²) in [5.41, 5.74) is 2.44. The smallest absolute Gasteiger partial charge is 0.261 e. The molecular formula is C23H22N2O2. The zero-order valence-corrected chi connectivity index (χ0v) is 15.2. The van der Waals surface area contributed by atoms with Crippen LogP contribution in [0.3, 0.4) is 0 Å². The Kier molecular flexibility index (Phi) is 3.85. The average Bonchev–Trinajstić information content (AvgIpc) is 3.23. The predicted octanol–water partition coefficient (Wildman–Crippen LogP) is 4.17. The number of carbonyl (C=O) groups excluding carboxylic acids is 2. The first-order valence-corrected chi connectivity index (χ1v) is 9.76. The van der Waals surface area contributed by atoms with Gasteiger partial charge in [-0.25, -0.2) is 0 Å². The Morgan fingerprint density at radius 2 is 1.56 bits per heavy atom. The first-order valence-electron chi connectivity index (χ1n) is 9.76. The Hall–Kier alpha value is -2.88. The summed E-state index contributed by atoms with van der Waals surface area (Å²) in [5, 5.41) is 1.85. The van der Waals surface area contributed by atoms with E-state index >= 15 is 0 Å². The lowest BCUT2D eigenvalue weighted by Gasteiger charge is -2.33. The minimum Gasteiger partial charge on any atom is -0.371 e. The number of hydrogen-bond acceptors (Lipinski definition) is 3. The van der Waals surface area contributed by atoms with E-state index < -0.39 is 0 Å². The fourth-order valence-corrected chi connectivity index (χ4v) is 4.52. The predicted molar refractivity (Wildman–Crippen MR) is 107 cm³/mol. The molecule has 3 aliphatic rings. The molecule has 2 amide bonds. The van der Waals surface area contributed by atoms with Gasteiger partial charge in [-0.15, -0.1) is 0 Å². The highest BCUT2D eigenvalue weighted by atomic mass is 16.2. The van der Waals surface area contributed by atoms with Crippen molar-refractivity contribution in [3.63, 3.8) is 0 Å². The fourth-order valence-electron chi connectivity index (χ4n) is 4.52. The van der Waals surface area contributed by atoms with Crippen LogP contribution >= 0.6 is 0 Å². The van der Waals surface area contributed by atoms with Crippen LogP contribution in [0.2, 0.25) is 0 Å². The molecule has 27 heavy (non-hydrogen) atoms. The molecule has 0 spiro atoms. The maximum Gasteiger partial charge on any atom is 0.261 e. The fraction of sp³-hybridized carbons (Fsp3) is 0.304. The molecule has 0 atom stereocenters. The largest absolute Gasteiger partial charge is 0.371 e. The quantitative estimate of drug-likeness (QED) is 0.773. The summed E-state index contributed by atoms with van der Waals surface area (Å²) in [7, 11) is 0. The van der Waals surface area contributed by atoms with Crippen LogP contribution in [0.4, 0.5) is 5.69 Å². The van der Waals surface area contributed by atoms with Gasteiger partial charge in [0, 0.05) is 53.1 Å². The molecule has 0 saturated carbocycles. The second kappa shape index (κ2) is 6.38. The number of piperidine rings is 1. The number of anilines is 1. The van der Waals surface area contributed by atoms with Crippen molar-refractivity contribution in [1.29, 1.82) is 0 Å². The van der Waals surface area contributed by atoms with Crippen LogP contribution in [0.1, 0.15) is 40.0 Å². The number of nitrogens with zero attached hydrogens (tertiary/aromatic N) is 2. The molecule has 5 rings (SSSR count). The van der Waals surface area contributed by atoms with Crippen molar-refractivity contribution < 1.29 is 9.59 Å². The van der Waals surface area contributed by atoms with Crippen LogP contribution in [0.25, 0.3) is 10.8 Å². The molecule has 136 valence electrons. The monoisotopic (exact) mass is 358 g/mol. The lowest BCUT2D eigenvalue weighted by Crippen LogP contribution is -2.42. The Labute approximate surface area is 158 Å². The van der Waals surface area contributed by atoms with Crippen molar-refractivity contribution in [2.45, 2.75) is 19.3 Å². The molecule has 4 nitrogen and oxygen atoms in total. The van der Waals surface area contributed by atoms with E-state index in [4.69, 9.17) is 0 Å². The minimum atomic E-state index is -0.178. The lowest BCUT2D eigenvalue weighted by atomic mass is 9.92. The highest BCUT2D eigenvalue weighted by molar-refractivity contribution is 6.26. The van der Waals surface area contributed by atoms with Crippen LogP contribution < -0.4 is 4.90 Å². The summed E-state index contributed by atoms with van der Waals surface area (Å²) >= 11 is 0. The Morgan fingerprint density at radius 1 is 0.852 bits per heavy atom. The third-order valence-electron chi connectivity index (χ3n) is 5.89. The number of allylic oxidation sites excluding steroid dienone is 2. The van der Waals surface area contributed by atoms with Gasteiger partial charge in [0.1, 0.15) is 0 Å². The first-order chi connectivity index (χ1) is 13.2. The van der Waals surface area contributed by atoms with Crippen molar-refractivity contribution in [3.05, 3.63) is 65.8 Å². The number of rotatable bonds is 3. The average molecular weight is 358 g/mol. The third-order valence-corrected chi connectivity index (χ3v) is 5.89. The normalized spacial score (nSPS) is 19.6. The Balaban J connectivity index is 1.60. The topological polar surface area (TPSA) is 40.6 Å². The highest BCUT2D eigenvalue weighted by Crippen LogP contribution is 2.37. The maximum atomic E-state index is 13.1. The summed E-state index contributed by atoms with van der Waals surface area (Å²) in [6.07, 6.45) is 11.6. The lowest BCUT2D eigenvalue weighted by molar-refractivity contribution is 0.0602. The van der Waals surface area contributed by atoms with Gasteiger partial charge in [-0.3, -0.25) is 14.5 Å². The Bertz CT molecular complexity index is 965. The van der Waals surface area contributed by atoms with E-state index in [1.54, 1.807) is 0 Å². The van der Waals surface area contributed by atoms with Gasteiger partial charge in [0.05, 0.1) is 0 Å². The zero-order chi connectivity index (χ0) is 18.4. The van der Waals surface area contributed by atoms with Crippen LogP contribution in [0, 0.1) is 5.92 Å². The molecule has 2 aromatic rings. The number of amides is 2. The molecule has 0 N–H and O–H groups in total. The van der Waals surface area contributed by atoms with Crippen molar-refractivity contribution in [1.82, 2.24) is 4.90 Å². The van der Waals surface area contributed by atoms with Gasteiger partial charge in [0.15, 0.2) is 0 Å². The summed E-state index contributed by atoms with van der Waals surface area (Å²) in [5.74, 6) is -0.253. The molecule has 0 unspecified atom stereocenters. The summed E-state index contributed by atoms with van der Waals surface area (Å²) < 4.78 is 0. The summed E-state index contributed by atoms with van der Waals surface area (Å²) in [6.45, 7) is 2.47. The van der Waals surface area contributed by atoms with Crippen LogP contribution in [-0.4, -0.2) is 36.3 Å². The summed E-state index contributed by atoms with van der Waals surface area (Å²) in [4.78, 5) is 30.1. The SMILES string of the molecule is O=C1c2cccc3c(N4CCCCC4)ccc(c23)C(=O)N1CC1C=CC=C1.